The maximum Gasteiger partial charge on any atom is 0.306 e. The molecule has 0 saturated carbocycles. The molecule has 0 aromatic rings. The van der Waals surface area contributed by atoms with E-state index in [-0.39, 0.29) is 24.9 Å². The highest BCUT2D eigenvalue weighted by atomic mass is 16.5. The molecule has 3 unspecified atom stereocenters. The second-order valence-electron chi connectivity index (χ2n) is 17.6. The summed E-state index contributed by atoms with van der Waals surface area (Å²) < 4.78 is 5.90. The van der Waals surface area contributed by atoms with E-state index in [4.69, 9.17) is 4.74 Å². The standard InChI is InChI=1S/C51H99NO5/c1-4-7-10-13-16-19-21-23-25-27-29-31-34-37-40-43-49(54)48(46-53)52-50(55)45-47(42-39-36-33-18-15-12-9-6-3)57-51(56)44-41-38-35-32-30-28-26-24-22-20-17-14-11-8-5-2/h20,22,47-49,53-54H,4-19,21,23-46H2,1-3H3,(H,52,55)/b22-20-. The van der Waals surface area contributed by atoms with Crippen molar-refractivity contribution in [3.8, 4) is 0 Å². The molecule has 57 heavy (non-hydrogen) atoms. The van der Waals surface area contributed by atoms with Crippen molar-refractivity contribution in [2.24, 2.45) is 0 Å². The number of unbranched alkanes of at least 4 members (excludes halogenated alkanes) is 32. The first-order valence-electron chi connectivity index (χ1n) is 25.4. The zero-order valence-corrected chi connectivity index (χ0v) is 38.5. The maximum absolute atomic E-state index is 13.1. The van der Waals surface area contributed by atoms with Gasteiger partial charge in [-0.05, 0) is 51.4 Å². The largest absolute Gasteiger partial charge is 0.462 e. The van der Waals surface area contributed by atoms with Crippen LogP contribution in [0.1, 0.15) is 278 Å². The van der Waals surface area contributed by atoms with Gasteiger partial charge in [-0.2, -0.15) is 0 Å². The summed E-state index contributed by atoms with van der Waals surface area (Å²) in [6.45, 7) is 6.47. The highest BCUT2D eigenvalue weighted by molar-refractivity contribution is 5.77. The SMILES string of the molecule is CCCCCC/C=C\CCCCCCCCCC(=O)OC(CCCCCCCCCC)CC(=O)NC(CO)C(O)CCCCCCCCCCCCCCCCC. The van der Waals surface area contributed by atoms with Crippen LogP contribution in [0.3, 0.4) is 0 Å². The van der Waals surface area contributed by atoms with Gasteiger partial charge in [-0.3, -0.25) is 9.59 Å². The molecule has 1 amide bonds. The van der Waals surface area contributed by atoms with Crippen molar-refractivity contribution < 1.29 is 24.5 Å². The van der Waals surface area contributed by atoms with Crippen LogP contribution in [0.2, 0.25) is 0 Å². The molecule has 0 spiro atoms. The van der Waals surface area contributed by atoms with Crippen molar-refractivity contribution >= 4 is 11.9 Å². The molecule has 6 heteroatoms. The fourth-order valence-electron chi connectivity index (χ4n) is 7.96. The summed E-state index contributed by atoms with van der Waals surface area (Å²) in [5.41, 5.74) is 0. The molecule has 0 heterocycles. The van der Waals surface area contributed by atoms with Crippen LogP contribution in [0.4, 0.5) is 0 Å². The summed E-state index contributed by atoms with van der Waals surface area (Å²) in [6, 6.07) is -0.694. The van der Waals surface area contributed by atoms with Crippen molar-refractivity contribution in [3.63, 3.8) is 0 Å². The number of aliphatic hydroxyl groups is 2. The minimum atomic E-state index is -0.781. The van der Waals surface area contributed by atoms with E-state index in [1.807, 2.05) is 0 Å². The van der Waals surface area contributed by atoms with Gasteiger partial charge in [0.2, 0.25) is 5.91 Å². The fraction of sp³-hybridized carbons (Fsp3) is 0.922. The smallest absolute Gasteiger partial charge is 0.306 e. The molecule has 0 aromatic carbocycles. The molecule has 0 aliphatic heterocycles. The second kappa shape index (κ2) is 45.7. The minimum absolute atomic E-state index is 0.0818. The summed E-state index contributed by atoms with van der Waals surface area (Å²) in [4.78, 5) is 26.0. The van der Waals surface area contributed by atoms with Crippen LogP contribution in [-0.4, -0.2) is 46.9 Å². The number of allylic oxidation sites excluding steroid dienone is 2. The molecule has 0 aromatic heterocycles. The Hall–Kier alpha value is -1.40. The molecule has 3 N–H and O–H groups in total. The van der Waals surface area contributed by atoms with Gasteiger partial charge >= 0.3 is 5.97 Å². The monoisotopic (exact) mass is 806 g/mol. The molecule has 3 atom stereocenters. The molecule has 338 valence electrons. The van der Waals surface area contributed by atoms with E-state index in [0.717, 1.165) is 44.9 Å². The van der Waals surface area contributed by atoms with E-state index in [1.54, 1.807) is 0 Å². The summed E-state index contributed by atoms with van der Waals surface area (Å²) in [5.74, 6) is -0.467. The van der Waals surface area contributed by atoms with E-state index in [0.29, 0.717) is 19.3 Å². The van der Waals surface area contributed by atoms with Crippen LogP contribution in [0.15, 0.2) is 12.2 Å². The minimum Gasteiger partial charge on any atom is -0.462 e. The lowest BCUT2D eigenvalue weighted by Crippen LogP contribution is -2.46. The number of rotatable bonds is 46. The molecule has 0 saturated heterocycles. The van der Waals surface area contributed by atoms with Crippen molar-refractivity contribution in [3.05, 3.63) is 12.2 Å². The fourth-order valence-corrected chi connectivity index (χ4v) is 7.96. The van der Waals surface area contributed by atoms with Crippen LogP contribution >= 0.6 is 0 Å². The first-order valence-corrected chi connectivity index (χ1v) is 25.4. The first kappa shape index (κ1) is 55.6. The molecule has 6 nitrogen and oxygen atoms in total. The van der Waals surface area contributed by atoms with Crippen LogP contribution in [0.5, 0.6) is 0 Å². The summed E-state index contributed by atoms with van der Waals surface area (Å²) in [5, 5.41) is 23.7. The molecular formula is C51H99NO5. The molecule has 0 aliphatic carbocycles. The highest BCUT2D eigenvalue weighted by Gasteiger charge is 2.24. The summed E-state index contributed by atoms with van der Waals surface area (Å²) in [7, 11) is 0. The number of nitrogens with one attached hydrogen (secondary N) is 1. The van der Waals surface area contributed by atoms with E-state index < -0.39 is 18.2 Å². The topological polar surface area (TPSA) is 95.9 Å². The Morgan fingerprint density at radius 3 is 1.26 bits per heavy atom. The van der Waals surface area contributed by atoms with E-state index in [1.165, 1.54) is 186 Å². The lowest BCUT2D eigenvalue weighted by molar-refractivity contribution is -0.151. The van der Waals surface area contributed by atoms with Gasteiger partial charge in [0.1, 0.15) is 6.10 Å². The van der Waals surface area contributed by atoms with E-state index in [2.05, 4.69) is 38.2 Å². The van der Waals surface area contributed by atoms with Crippen molar-refractivity contribution in [1.82, 2.24) is 5.32 Å². The van der Waals surface area contributed by atoms with Crippen LogP contribution in [-0.2, 0) is 14.3 Å². The average Bonchev–Trinajstić information content (AvgIpc) is 3.20. The lowest BCUT2D eigenvalue weighted by atomic mass is 10.0. The Kier molecular flexibility index (Phi) is 44.6. The second-order valence-corrected chi connectivity index (χ2v) is 17.6. The normalized spacial score (nSPS) is 13.3. The number of esters is 1. The van der Waals surface area contributed by atoms with Gasteiger partial charge in [0, 0.05) is 6.42 Å². The third-order valence-electron chi connectivity index (χ3n) is 11.8. The first-order chi connectivity index (χ1) is 28.0. The third kappa shape index (κ3) is 41.1. The number of carbonyl (C=O) groups excluding carboxylic acids is 2. The molecule has 0 fully saturated rings. The highest BCUT2D eigenvalue weighted by Crippen LogP contribution is 2.18. The van der Waals surface area contributed by atoms with Gasteiger partial charge in [0.25, 0.3) is 0 Å². The van der Waals surface area contributed by atoms with Gasteiger partial charge < -0.3 is 20.3 Å². The van der Waals surface area contributed by atoms with Crippen LogP contribution in [0, 0.1) is 0 Å². The Labute approximate surface area is 355 Å². The zero-order valence-electron chi connectivity index (χ0n) is 38.5. The number of ether oxygens (including phenoxy) is 1. The lowest BCUT2D eigenvalue weighted by Gasteiger charge is -2.24. The Morgan fingerprint density at radius 1 is 0.491 bits per heavy atom. The predicted molar refractivity (Wildman–Crippen MR) is 246 cm³/mol. The van der Waals surface area contributed by atoms with Crippen molar-refractivity contribution in [2.75, 3.05) is 6.61 Å². The summed E-state index contributed by atoms with van der Waals surface area (Å²) in [6.07, 6.45) is 49.9. The molecule has 0 radical (unpaired) electrons. The maximum atomic E-state index is 13.1. The third-order valence-corrected chi connectivity index (χ3v) is 11.8. The zero-order chi connectivity index (χ0) is 41.7. The Bertz CT molecular complexity index is 863. The molecule has 0 aliphatic rings. The van der Waals surface area contributed by atoms with Gasteiger partial charge in [0.15, 0.2) is 0 Å². The molecule has 0 rings (SSSR count). The van der Waals surface area contributed by atoms with Gasteiger partial charge in [0.05, 0.1) is 25.2 Å². The number of amides is 1. The van der Waals surface area contributed by atoms with Gasteiger partial charge in [-0.15, -0.1) is 0 Å². The summed E-state index contributed by atoms with van der Waals surface area (Å²) >= 11 is 0. The Balaban J connectivity index is 4.39. The quantitative estimate of drug-likeness (QED) is 0.0323. The number of hydrogen-bond acceptors (Lipinski definition) is 5. The predicted octanol–water partition coefficient (Wildman–Crippen LogP) is 15.0. The molecule has 0 bridgehead atoms. The van der Waals surface area contributed by atoms with Crippen molar-refractivity contribution in [2.45, 2.75) is 296 Å². The van der Waals surface area contributed by atoms with Gasteiger partial charge in [-0.25, -0.2) is 0 Å². The van der Waals surface area contributed by atoms with E-state index in [9.17, 15) is 19.8 Å². The Morgan fingerprint density at radius 2 is 0.842 bits per heavy atom. The number of carbonyl (C=O) groups is 2. The average molecular weight is 806 g/mol. The van der Waals surface area contributed by atoms with Crippen LogP contribution in [0.25, 0.3) is 0 Å². The van der Waals surface area contributed by atoms with Crippen LogP contribution < -0.4 is 5.32 Å². The van der Waals surface area contributed by atoms with Crippen molar-refractivity contribution in [1.29, 1.82) is 0 Å². The molecular weight excluding hydrogens is 707 g/mol. The number of aliphatic hydroxyl groups excluding tert-OH is 2. The number of hydrogen-bond donors (Lipinski definition) is 3. The van der Waals surface area contributed by atoms with E-state index >= 15 is 0 Å². The van der Waals surface area contributed by atoms with Gasteiger partial charge in [-0.1, -0.05) is 226 Å².